The number of ether oxygens (including phenoxy) is 1. The zero-order valence-corrected chi connectivity index (χ0v) is 13.5. The molecule has 5 heteroatoms. The first-order chi connectivity index (χ1) is 9.74. The van der Waals surface area contributed by atoms with Gasteiger partial charge >= 0.3 is 0 Å². The third-order valence-electron chi connectivity index (χ3n) is 3.89. The predicted octanol–water partition coefficient (Wildman–Crippen LogP) is 1.79. The Kier molecular flexibility index (Phi) is 6.45. The highest BCUT2D eigenvalue weighted by Crippen LogP contribution is 2.20. The lowest BCUT2D eigenvalue weighted by atomic mass is 10.0. The number of rotatable bonds is 6. The van der Waals surface area contributed by atoms with Gasteiger partial charge in [-0.15, -0.1) is 0 Å². The van der Waals surface area contributed by atoms with E-state index in [1.807, 2.05) is 7.05 Å². The first kappa shape index (κ1) is 15.9. The number of aliphatic hydroxyl groups excluding tert-OH is 1. The summed E-state index contributed by atoms with van der Waals surface area (Å²) in [5.41, 5.74) is 1.30. The molecular formula is C15H23BrN2O2. The van der Waals surface area contributed by atoms with Crippen LogP contribution in [0.15, 0.2) is 28.7 Å². The molecule has 112 valence electrons. The van der Waals surface area contributed by atoms with Crippen molar-refractivity contribution >= 4 is 15.9 Å². The quantitative estimate of drug-likeness (QED) is 0.827. The van der Waals surface area contributed by atoms with Gasteiger partial charge in [-0.2, -0.15) is 0 Å². The van der Waals surface area contributed by atoms with Crippen molar-refractivity contribution in [2.24, 2.45) is 0 Å². The minimum Gasteiger partial charge on any atom is -0.395 e. The number of hydrogen-bond acceptors (Lipinski definition) is 4. The van der Waals surface area contributed by atoms with Gasteiger partial charge in [-0.3, -0.25) is 4.90 Å². The molecule has 2 rings (SSSR count). The van der Waals surface area contributed by atoms with Crippen molar-refractivity contribution in [1.82, 2.24) is 10.2 Å². The van der Waals surface area contributed by atoms with E-state index >= 15 is 0 Å². The Balaban J connectivity index is 1.91. The molecule has 1 aromatic carbocycles. The molecule has 20 heavy (non-hydrogen) atoms. The van der Waals surface area contributed by atoms with E-state index in [-0.39, 0.29) is 12.6 Å². The molecule has 1 aliphatic rings. The smallest absolute Gasteiger partial charge is 0.0644 e. The molecule has 4 nitrogen and oxygen atoms in total. The maximum atomic E-state index is 9.39. The van der Waals surface area contributed by atoms with Gasteiger partial charge in [0.2, 0.25) is 0 Å². The molecule has 0 amide bonds. The van der Waals surface area contributed by atoms with Gasteiger partial charge < -0.3 is 15.2 Å². The summed E-state index contributed by atoms with van der Waals surface area (Å²) in [7, 11) is 2.00. The van der Waals surface area contributed by atoms with Crippen molar-refractivity contribution in [1.29, 1.82) is 0 Å². The summed E-state index contributed by atoms with van der Waals surface area (Å²) in [5, 5.41) is 12.8. The maximum Gasteiger partial charge on any atom is 0.0644 e. The summed E-state index contributed by atoms with van der Waals surface area (Å²) in [6.45, 7) is 3.44. The molecule has 0 saturated carbocycles. The van der Waals surface area contributed by atoms with E-state index in [0.29, 0.717) is 12.6 Å². The van der Waals surface area contributed by atoms with E-state index < -0.39 is 0 Å². The summed E-state index contributed by atoms with van der Waals surface area (Å²) in [4.78, 5) is 2.33. The topological polar surface area (TPSA) is 44.7 Å². The molecule has 1 aromatic rings. The van der Waals surface area contributed by atoms with Crippen LogP contribution in [0, 0.1) is 0 Å². The molecule has 0 spiro atoms. The van der Waals surface area contributed by atoms with Crippen LogP contribution in [0.5, 0.6) is 0 Å². The molecular weight excluding hydrogens is 320 g/mol. The summed E-state index contributed by atoms with van der Waals surface area (Å²) in [6, 6.07) is 8.93. The summed E-state index contributed by atoms with van der Waals surface area (Å²) < 4.78 is 6.51. The van der Waals surface area contributed by atoms with Crippen LogP contribution in [0.3, 0.4) is 0 Å². The number of hydrogen-bond donors (Lipinski definition) is 2. The van der Waals surface area contributed by atoms with Crippen LogP contribution in [0.4, 0.5) is 0 Å². The van der Waals surface area contributed by atoms with E-state index in [2.05, 4.69) is 50.4 Å². The number of benzene rings is 1. The molecule has 0 aliphatic carbocycles. The molecule has 1 heterocycles. The van der Waals surface area contributed by atoms with Crippen molar-refractivity contribution in [3.05, 3.63) is 34.3 Å². The van der Waals surface area contributed by atoms with Gasteiger partial charge in [-0.05, 0) is 31.2 Å². The zero-order chi connectivity index (χ0) is 14.4. The number of halogens is 1. The monoisotopic (exact) mass is 342 g/mol. The average molecular weight is 343 g/mol. The lowest BCUT2D eigenvalue weighted by molar-refractivity contribution is -0.0285. The van der Waals surface area contributed by atoms with Gasteiger partial charge in [0.05, 0.1) is 25.9 Å². The van der Waals surface area contributed by atoms with Crippen molar-refractivity contribution in [2.75, 3.05) is 40.0 Å². The Morgan fingerprint density at radius 2 is 2.20 bits per heavy atom. The number of nitrogens with one attached hydrogen (secondary N) is 1. The number of aliphatic hydroxyl groups is 1. The van der Waals surface area contributed by atoms with E-state index in [0.717, 1.165) is 30.6 Å². The third kappa shape index (κ3) is 4.27. The minimum absolute atomic E-state index is 0.145. The molecule has 1 aliphatic heterocycles. The summed E-state index contributed by atoms with van der Waals surface area (Å²) in [5.74, 6) is 0. The highest BCUT2D eigenvalue weighted by Gasteiger charge is 2.22. The standard InChI is InChI=1S/C15H23BrN2O2/c1-17-15(12-2-4-13(16)5-3-12)6-7-18-8-9-20-11-14(18)10-19/h2-5,14-15,17,19H,6-11H2,1H3. The third-order valence-corrected chi connectivity index (χ3v) is 4.41. The Morgan fingerprint density at radius 3 is 2.85 bits per heavy atom. The van der Waals surface area contributed by atoms with E-state index in [1.54, 1.807) is 0 Å². The summed E-state index contributed by atoms with van der Waals surface area (Å²) in [6.07, 6.45) is 1.02. The van der Waals surface area contributed by atoms with Gasteiger partial charge in [0, 0.05) is 23.6 Å². The van der Waals surface area contributed by atoms with Gasteiger partial charge in [0.1, 0.15) is 0 Å². The largest absolute Gasteiger partial charge is 0.395 e. The minimum atomic E-state index is 0.145. The molecule has 1 saturated heterocycles. The predicted molar refractivity (Wildman–Crippen MR) is 83.8 cm³/mol. The van der Waals surface area contributed by atoms with Crippen LogP contribution in [0.1, 0.15) is 18.0 Å². The fourth-order valence-corrected chi connectivity index (χ4v) is 2.88. The SMILES string of the molecule is CNC(CCN1CCOCC1CO)c1ccc(Br)cc1. The molecule has 0 aromatic heterocycles. The van der Waals surface area contributed by atoms with Gasteiger partial charge in [-0.1, -0.05) is 28.1 Å². The second kappa shape index (κ2) is 8.10. The van der Waals surface area contributed by atoms with Crippen LogP contribution in [-0.4, -0.2) is 56.0 Å². The van der Waals surface area contributed by atoms with Crippen LogP contribution < -0.4 is 5.32 Å². The second-order valence-electron chi connectivity index (χ2n) is 5.13. The van der Waals surface area contributed by atoms with Crippen LogP contribution in [-0.2, 0) is 4.74 Å². The Labute approximate surface area is 129 Å². The molecule has 2 N–H and O–H groups in total. The fourth-order valence-electron chi connectivity index (χ4n) is 2.62. The molecule has 0 radical (unpaired) electrons. The van der Waals surface area contributed by atoms with Gasteiger partial charge in [0.25, 0.3) is 0 Å². The molecule has 2 unspecified atom stereocenters. The molecule has 0 bridgehead atoms. The summed E-state index contributed by atoms with van der Waals surface area (Å²) >= 11 is 3.46. The first-order valence-electron chi connectivity index (χ1n) is 7.10. The lowest BCUT2D eigenvalue weighted by Crippen LogP contribution is -2.48. The van der Waals surface area contributed by atoms with E-state index in [1.165, 1.54) is 5.56 Å². The van der Waals surface area contributed by atoms with Crippen molar-refractivity contribution in [2.45, 2.75) is 18.5 Å². The molecule has 1 fully saturated rings. The zero-order valence-electron chi connectivity index (χ0n) is 11.9. The second-order valence-corrected chi connectivity index (χ2v) is 6.04. The van der Waals surface area contributed by atoms with E-state index in [4.69, 9.17) is 4.74 Å². The highest BCUT2D eigenvalue weighted by atomic mass is 79.9. The van der Waals surface area contributed by atoms with Crippen LogP contribution in [0.25, 0.3) is 0 Å². The van der Waals surface area contributed by atoms with Crippen molar-refractivity contribution in [3.63, 3.8) is 0 Å². The highest BCUT2D eigenvalue weighted by molar-refractivity contribution is 9.10. The van der Waals surface area contributed by atoms with Crippen molar-refractivity contribution < 1.29 is 9.84 Å². The Hall–Kier alpha value is -0.460. The van der Waals surface area contributed by atoms with Crippen molar-refractivity contribution in [3.8, 4) is 0 Å². The maximum absolute atomic E-state index is 9.39. The molecule has 2 atom stereocenters. The Morgan fingerprint density at radius 1 is 1.45 bits per heavy atom. The fraction of sp³-hybridized carbons (Fsp3) is 0.600. The lowest BCUT2D eigenvalue weighted by Gasteiger charge is -2.35. The average Bonchev–Trinajstić information content (AvgIpc) is 2.50. The Bertz CT molecular complexity index is 399. The first-order valence-corrected chi connectivity index (χ1v) is 7.89. The normalized spacial score (nSPS) is 21.9. The number of morpholine rings is 1. The van der Waals surface area contributed by atoms with Gasteiger partial charge in [0.15, 0.2) is 0 Å². The van der Waals surface area contributed by atoms with Crippen LogP contribution in [0.2, 0.25) is 0 Å². The number of nitrogens with zero attached hydrogens (tertiary/aromatic N) is 1. The van der Waals surface area contributed by atoms with E-state index in [9.17, 15) is 5.11 Å². The van der Waals surface area contributed by atoms with Gasteiger partial charge in [-0.25, -0.2) is 0 Å². The van der Waals surface area contributed by atoms with Crippen LogP contribution >= 0.6 is 15.9 Å².